The van der Waals surface area contributed by atoms with Crippen molar-refractivity contribution in [3.63, 3.8) is 0 Å². The van der Waals surface area contributed by atoms with Crippen LogP contribution in [0.25, 0.3) is 5.57 Å². The van der Waals surface area contributed by atoms with Gasteiger partial charge < -0.3 is 9.64 Å². The van der Waals surface area contributed by atoms with E-state index in [4.69, 9.17) is 22.3 Å². The van der Waals surface area contributed by atoms with Crippen LogP contribution in [-0.4, -0.2) is 61.0 Å². The molecule has 2 aliphatic heterocycles. The molecule has 6 nitrogen and oxygen atoms in total. The van der Waals surface area contributed by atoms with E-state index in [1.165, 1.54) is 11.1 Å². The van der Waals surface area contributed by atoms with Crippen LogP contribution in [0, 0.1) is 0 Å². The molecule has 2 aromatic rings. The quantitative estimate of drug-likeness (QED) is 0.524. The average molecular weight is 464 g/mol. The molecule has 0 unspecified atom stereocenters. The minimum atomic E-state index is -0.276. The number of benzene rings is 1. The van der Waals surface area contributed by atoms with E-state index in [-0.39, 0.29) is 11.8 Å². The standard InChI is InChI=1S/C26H29N3O3S/c1-2-17-13-19(20-14-24(31)32-16-20)15-27-26(17)29-11-9-28(10-12-29)8-7-18-3-4-21-22(25(18)33)5-6-23(21)30/h3-4,13-15,33H,2,5-12,16H2,1H3. The third-order valence-corrected chi connectivity index (χ3v) is 7.55. The Bertz CT molecular complexity index is 1140. The second kappa shape index (κ2) is 9.31. The molecule has 0 radical (unpaired) electrons. The number of rotatable bonds is 6. The molecule has 172 valence electrons. The van der Waals surface area contributed by atoms with E-state index in [0.29, 0.717) is 13.0 Å². The number of hydrogen-bond acceptors (Lipinski definition) is 7. The van der Waals surface area contributed by atoms with Crippen molar-refractivity contribution in [2.24, 2.45) is 0 Å². The summed E-state index contributed by atoms with van der Waals surface area (Å²) in [6.45, 7) is 7.33. The van der Waals surface area contributed by atoms with Crippen molar-refractivity contribution in [3.8, 4) is 0 Å². The number of fused-ring (bicyclic) bond motifs is 1. The predicted octanol–water partition coefficient (Wildman–Crippen LogP) is 3.37. The monoisotopic (exact) mass is 463 g/mol. The lowest BCUT2D eigenvalue weighted by Gasteiger charge is -2.36. The number of esters is 1. The number of cyclic esters (lactones) is 1. The third-order valence-electron chi connectivity index (χ3n) is 6.99. The third kappa shape index (κ3) is 4.44. The molecule has 5 rings (SSSR count). The SMILES string of the molecule is CCc1cc(C2=CC(=O)OC2)cnc1N1CCN(CCc2ccc3c(c2S)CCC3=O)CC1. The Morgan fingerprint density at radius 3 is 2.64 bits per heavy atom. The van der Waals surface area contributed by atoms with Crippen LogP contribution < -0.4 is 4.90 Å². The maximum absolute atomic E-state index is 12.0. The van der Waals surface area contributed by atoms with Crippen molar-refractivity contribution < 1.29 is 14.3 Å². The summed E-state index contributed by atoms with van der Waals surface area (Å²) >= 11 is 4.75. The van der Waals surface area contributed by atoms with E-state index in [9.17, 15) is 9.59 Å². The normalized spacial score (nSPS) is 18.5. The van der Waals surface area contributed by atoms with Gasteiger partial charge in [-0.2, -0.15) is 0 Å². The average Bonchev–Trinajstić information content (AvgIpc) is 3.44. The van der Waals surface area contributed by atoms with E-state index in [2.05, 4.69) is 28.9 Å². The molecule has 0 saturated carbocycles. The fourth-order valence-corrected chi connectivity index (χ4v) is 5.42. The molecule has 7 heteroatoms. The van der Waals surface area contributed by atoms with Gasteiger partial charge in [0.15, 0.2) is 5.78 Å². The van der Waals surface area contributed by atoms with Crippen molar-refractivity contribution in [3.05, 3.63) is 58.3 Å². The lowest BCUT2D eigenvalue weighted by Crippen LogP contribution is -2.47. The highest BCUT2D eigenvalue weighted by Gasteiger charge is 2.24. The molecule has 0 N–H and O–H groups in total. The number of carbonyl (C=O) groups excluding carboxylic acids is 2. The van der Waals surface area contributed by atoms with Crippen molar-refractivity contribution in [1.29, 1.82) is 0 Å². The Morgan fingerprint density at radius 2 is 1.91 bits per heavy atom. The van der Waals surface area contributed by atoms with Gasteiger partial charge >= 0.3 is 5.97 Å². The highest BCUT2D eigenvalue weighted by molar-refractivity contribution is 7.80. The van der Waals surface area contributed by atoms with E-state index >= 15 is 0 Å². The van der Waals surface area contributed by atoms with Crippen molar-refractivity contribution in [2.75, 3.05) is 44.2 Å². The molecule has 1 aromatic heterocycles. The maximum atomic E-state index is 12.0. The Labute approximate surface area is 200 Å². The number of hydrogen-bond donors (Lipinski definition) is 1. The molecule has 3 aliphatic rings. The van der Waals surface area contributed by atoms with Gasteiger partial charge in [0.05, 0.1) is 0 Å². The van der Waals surface area contributed by atoms with Crippen LogP contribution in [0.5, 0.6) is 0 Å². The lowest BCUT2D eigenvalue weighted by atomic mass is 10.0. The molecule has 0 spiro atoms. The van der Waals surface area contributed by atoms with Crippen molar-refractivity contribution in [2.45, 2.75) is 37.5 Å². The minimum absolute atomic E-state index is 0.248. The zero-order valence-electron chi connectivity index (χ0n) is 19.0. The summed E-state index contributed by atoms with van der Waals surface area (Å²) in [5.74, 6) is 1.02. The summed E-state index contributed by atoms with van der Waals surface area (Å²) in [6, 6.07) is 6.22. The van der Waals surface area contributed by atoms with Crippen LogP contribution in [0.1, 0.15) is 46.0 Å². The van der Waals surface area contributed by atoms with Gasteiger partial charge in [-0.25, -0.2) is 9.78 Å². The number of Topliss-reactive ketones (excluding diaryl/α,β-unsaturated/α-hetero) is 1. The van der Waals surface area contributed by atoms with Crippen LogP contribution in [0.3, 0.4) is 0 Å². The fourth-order valence-electron chi connectivity index (χ4n) is 5.00. The molecule has 1 aliphatic carbocycles. The van der Waals surface area contributed by atoms with Gasteiger partial charge in [-0.05, 0) is 42.0 Å². The summed E-state index contributed by atoms with van der Waals surface area (Å²) in [6.07, 6.45) is 6.71. The van der Waals surface area contributed by atoms with Gasteiger partial charge in [-0.3, -0.25) is 9.69 Å². The summed E-state index contributed by atoms with van der Waals surface area (Å²) in [4.78, 5) is 34.0. The summed E-state index contributed by atoms with van der Waals surface area (Å²) < 4.78 is 5.05. The van der Waals surface area contributed by atoms with Gasteiger partial charge in [0, 0.05) is 73.0 Å². The van der Waals surface area contributed by atoms with Gasteiger partial charge in [0.25, 0.3) is 0 Å². The number of thiol groups is 1. The zero-order chi connectivity index (χ0) is 22.9. The number of anilines is 1. The van der Waals surface area contributed by atoms with Crippen molar-refractivity contribution >= 4 is 35.8 Å². The fraction of sp³-hybridized carbons (Fsp3) is 0.423. The van der Waals surface area contributed by atoms with E-state index in [0.717, 1.165) is 85.0 Å². The molecule has 1 fully saturated rings. The molecular formula is C26H29N3O3S. The van der Waals surface area contributed by atoms with Crippen LogP contribution >= 0.6 is 12.6 Å². The number of aryl methyl sites for hydroxylation is 1. The van der Waals surface area contributed by atoms with Crippen molar-refractivity contribution in [1.82, 2.24) is 9.88 Å². The molecule has 1 aromatic carbocycles. The number of carbonyl (C=O) groups is 2. The summed E-state index contributed by atoms with van der Waals surface area (Å²) in [5.41, 5.74) is 6.32. The second-order valence-electron chi connectivity index (χ2n) is 8.94. The topological polar surface area (TPSA) is 62.7 Å². The highest BCUT2D eigenvalue weighted by atomic mass is 32.1. The summed E-state index contributed by atoms with van der Waals surface area (Å²) in [5, 5.41) is 0. The van der Waals surface area contributed by atoms with E-state index in [1.807, 2.05) is 12.3 Å². The number of piperazine rings is 1. The molecule has 0 bridgehead atoms. The molecule has 3 heterocycles. The summed E-state index contributed by atoms with van der Waals surface area (Å²) in [7, 11) is 0. The number of ether oxygens (including phenoxy) is 1. The molecule has 0 amide bonds. The van der Waals surface area contributed by atoms with Gasteiger partial charge in [0.1, 0.15) is 12.4 Å². The molecule has 1 saturated heterocycles. The van der Waals surface area contributed by atoms with Crippen LogP contribution in [-0.2, 0) is 28.8 Å². The van der Waals surface area contributed by atoms with Crippen LogP contribution in [0.4, 0.5) is 5.82 Å². The Hall–Kier alpha value is -2.64. The number of ketones is 1. The zero-order valence-corrected chi connectivity index (χ0v) is 19.9. The predicted molar refractivity (Wildman–Crippen MR) is 131 cm³/mol. The molecule has 33 heavy (non-hydrogen) atoms. The number of aromatic nitrogens is 1. The second-order valence-corrected chi connectivity index (χ2v) is 9.39. The molecule has 0 atom stereocenters. The van der Waals surface area contributed by atoms with Gasteiger partial charge in [-0.15, -0.1) is 12.6 Å². The first-order chi connectivity index (χ1) is 16.0. The maximum Gasteiger partial charge on any atom is 0.331 e. The minimum Gasteiger partial charge on any atom is -0.458 e. The number of nitrogens with zero attached hydrogens (tertiary/aromatic N) is 3. The lowest BCUT2D eigenvalue weighted by molar-refractivity contribution is -0.134. The first-order valence-corrected chi connectivity index (χ1v) is 12.2. The Balaban J connectivity index is 1.20. The smallest absolute Gasteiger partial charge is 0.331 e. The first-order valence-electron chi connectivity index (χ1n) is 11.7. The van der Waals surface area contributed by atoms with E-state index < -0.39 is 0 Å². The van der Waals surface area contributed by atoms with Gasteiger partial charge in [-0.1, -0.05) is 19.1 Å². The van der Waals surface area contributed by atoms with Gasteiger partial charge in [0.2, 0.25) is 0 Å². The van der Waals surface area contributed by atoms with Crippen LogP contribution in [0.2, 0.25) is 0 Å². The largest absolute Gasteiger partial charge is 0.458 e. The Kier molecular flexibility index (Phi) is 6.25. The highest BCUT2D eigenvalue weighted by Crippen LogP contribution is 2.31. The first kappa shape index (κ1) is 22.2. The van der Waals surface area contributed by atoms with Crippen LogP contribution in [0.15, 0.2) is 35.4 Å². The number of pyridine rings is 1. The van der Waals surface area contributed by atoms with E-state index in [1.54, 1.807) is 6.08 Å². The molecular weight excluding hydrogens is 434 g/mol. The Morgan fingerprint density at radius 1 is 1.09 bits per heavy atom.